The third-order valence-electron chi connectivity index (χ3n) is 2.66. The lowest BCUT2D eigenvalue weighted by Crippen LogP contribution is -2.12. The van der Waals surface area contributed by atoms with Crippen molar-refractivity contribution in [2.24, 2.45) is 0 Å². The molecule has 1 aromatic carbocycles. The van der Waals surface area contributed by atoms with Crippen LogP contribution in [0.25, 0.3) is 0 Å². The molecular formula is C15H15BrO4. The van der Waals surface area contributed by atoms with Crippen LogP contribution in [0.2, 0.25) is 0 Å². The molecule has 2 aromatic rings. The fourth-order valence-corrected chi connectivity index (χ4v) is 2.00. The minimum absolute atomic E-state index is 0.193. The number of furan rings is 1. The summed E-state index contributed by atoms with van der Waals surface area (Å²) in [6.07, 6.45) is 0. The maximum absolute atomic E-state index is 11.8. The van der Waals surface area contributed by atoms with Gasteiger partial charge in [-0.3, -0.25) is 0 Å². The van der Waals surface area contributed by atoms with Crippen LogP contribution in [0.5, 0.6) is 5.75 Å². The van der Waals surface area contributed by atoms with Crippen LogP contribution in [0, 0.1) is 13.8 Å². The Morgan fingerprint density at radius 1 is 1.20 bits per heavy atom. The monoisotopic (exact) mass is 338 g/mol. The summed E-state index contributed by atoms with van der Waals surface area (Å²) in [5.74, 6) is 1.61. The first-order chi connectivity index (χ1) is 9.56. The summed E-state index contributed by atoms with van der Waals surface area (Å²) in [5.41, 5.74) is 0.464. The summed E-state index contributed by atoms with van der Waals surface area (Å²) in [5, 5.41) is 0. The molecule has 0 saturated heterocycles. The van der Waals surface area contributed by atoms with E-state index in [9.17, 15) is 4.79 Å². The second kappa shape index (κ2) is 6.61. The van der Waals surface area contributed by atoms with Gasteiger partial charge in [-0.15, -0.1) is 0 Å². The number of rotatable bonds is 5. The summed E-state index contributed by atoms with van der Waals surface area (Å²) in [4.78, 5) is 11.8. The molecule has 2 rings (SSSR count). The molecular weight excluding hydrogens is 324 g/mol. The molecule has 1 heterocycles. The Labute approximate surface area is 125 Å². The molecule has 0 aliphatic rings. The maximum Gasteiger partial charge on any atom is 0.341 e. The molecule has 5 heteroatoms. The Bertz CT molecular complexity index is 586. The third kappa shape index (κ3) is 3.87. The van der Waals surface area contributed by atoms with E-state index < -0.39 is 5.97 Å². The van der Waals surface area contributed by atoms with Crippen LogP contribution in [-0.4, -0.2) is 19.2 Å². The van der Waals surface area contributed by atoms with E-state index >= 15 is 0 Å². The molecule has 0 N–H and O–H groups in total. The molecule has 1 aromatic heterocycles. The molecule has 0 aliphatic carbocycles. The van der Waals surface area contributed by atoms with Gasteiger partial charge in [-0.25, -0.2) is 4.79 Å². The highest BCUT2D eigenvalue weighted by Crippen LogP contribution is 2.16. The van der Waals surface area contributed by atoms with Crippen LogP contribution in [0.3, 0.4) is 0 Å². The van der Waals surface area contributed by atoms with E-state index in [0.29, 0.717) is 23.7 Å². The molecule has 0 spiro atoms. The van der Waals surface area contributed by atoms with E-state index in [4.69, 9.17) is 13.9 Å². The number of hydrogen-bond acceptors (Lipinski definition) is 4. The van der Waals surface area contributed by atoms with Gasteiger partial charge in [-0.1, -0.05) is 15.9 Å². The Kier molecular flexibility index (Phi) is 4.84. The summed E-state index contributed by atoms with van der Waals surface area (Å²) in [7, 11) is 0. The average Bonchev–Trinajstić information content (AvgIpc) is 2.75. The smallest absolute Gasteiger partial charge is 0.341 e. The van der Waals surface area contributed by atoms with Gasteiger partial charge < -0.3 is 13.9 Å². The number of carbonyl (C=O) groups is 1. The molecule has 0 radical (unpaired) electrons. The van der Waals surface area contributed by atoms with Crippen molar-refractivity contribution in [3.05, 3.63) is 51.9 Å². The molecule has 0 amide bonds. The second-order valence-corrected chi connectivity index (χ2v) is 5.18. The Hall–Kier alpha value is -1.75. The Balaban J connectivity index is 1.77. The second-order valence-electron chi connectivity index (χ2n) is 4.27. The highest BCUT2D eigenvalue weighted by molar-refractivity contribution is 9.10. The quantitative estimate of drug-likeness (QED) is 0.612. The van der Waals surface area contributed by atoms with Gasteiger partial charge in [0.05, 0.1) is 0 Å². The fourth-order valence-electron chi connectivity index (χ4n) is 1.74. The van der Waals surface area contributed by atoms with Crippen molar-refractivity contribution in [1.29, 1.82) is 0 Å². The van der Waals surface area contributed by atoms with Gasteiger partial charge in [0.15, 0.2) is 0 Å². The Morgan fingerprint density at radius 3 is 2.50 bits per heavy atom. The molecule has 0 saturated carbocycles. The number of hydrogen-bond donors (Lipinski definition) is 0. The van der Waals surface area contributed by atoms with E-state index in [1.165, 1.54) is 0 Å². The molecule has 0 unspecified atom stereocenters. The van der Waals surface area contributed by atoms with E-state index in [1.807, 2.05) is 24.3 Å². The van der Waals surface area contributed by atoms with Crippen LogP contribution in [0.4, 0.5) is 0 Å². The minimum atomic E-state index is -0.390. The topological polar surface area (TPSA) is 48.7 Å². The lowest BCUT2D eigenvalue weighted by molar-refractivity contribution is 0.0448. The lowest BCUT2D eigenvalue weighted by Gasteiger charge is -2.07. The first-order valence-corrected chi connectivity index (χ1v) is 6.98. The molecule has 0 aliphatic heterocycles. The van der Waals surface area contributed by atoms with E-state index in [-0.39, 0.29) is 6.61 Å². The van der Waals surface area contributed by atoms with Gasteiger partial charge >= 0.3 is 5.97 Å². The zero-order chi connectivity index (χ0) is 14.5. The molecule has 106 valence electrons. The van der Waals surface area contributed by atoms with Gasteiger partial charge in [-0.2, -0.15) is 0 Å². The predicted molar refractivity (Wildman–Crippen MR) is 78.1 cm³/mol. The summed E-state index contributed by atoms with van der Waals surface area (Å²) >= 11 is 3.35. The van der Waals surface area contributed by atoms with Gasteiger partial charge in [-0.05, 0) is 44.2 Å². The maximum atomic E-state index is 11.8. The van der Waals surface area contributed by atoms with Crippen LogP contribution in [-0.2, 0) is 4.74 Å². The van der Waals surface area contributed by atoms with Crippen LogP contribution < -0.4 is 4.74 Å². The zero-order valence-corrected chi connectivity index (χ0v) is 12.9. The third-order valence-corrected chi connectivity index (χ3v) is 3.19. The number of aryl methyl sites for hydroxylation is 2. The van der Waals surface area contributed by atoms with Gasteiger partial charge in [0, 0.05) is 4.47 Å². The van der Waals surface area contributed by atoms with Crippen molar-refractivity contribution in [3.8, 4) is 5.75 Å². The number of halogens is 1. The normalized spacial score (nSPS) is 10.3. The number of carbonyl (C=O) groups excluding carboxylic acids is 1. The van der Waals surface area contributed by atoms with Crippen LogP contribution in [0.1, 0.15) is 21.9 Å². The van der Waals surface area contributed by atoms with Crippen LogP contribution >= 0.6 is 15.9 Å². The summed E-state index contributed by atoms with van der Waals surface area (Å²) < 4.78 is 16.9. The van der Waals surface area contributed by atoms with Crippen molar-refractivity contribution >= 4 is 21.9 Å². The number of esters is 1. The SMILES string of the molecule is Cc1cc(C(=O)OCCOc2ccc(Br)cc2)c(C)o1. The van der Waals surface area contributed by atoms with Gasteiger partial charge in [0.1, 0.15) is 36.0 Å². The Morgan fingerprint density at radius 2 is 1.90 bits per heavy atom. The summed E-state index contributed by atoms with van der Waals surface area (Å²) in [6, 6.07) is 9.14. The van der Waals surface area contributed by atoms with Gasteiger partial charge in [0.2, 0.25) is 0 Å². The molecule has 4 nitrogen and oxygen atoms in total. The summed E-state index contributed by atoms with van der Waals surface area (Å²) in [6.45, 7) is 4.03. The average molecular weight is 339 g/mol. The van der Waals surface area contributed by atoms with E-state index in [1.54, 1.807) is 19.9 Å². The van der Waals surface area contributed by atoms with E-state index in [2.05, 4.69) is 15.9 Å². The van der Waals surface area contributed by atoms with Crippen molar-refractivity contribution < 1.29 is 18.7 Å². The van der Waals surface area contributed by atoms with Gasteiger partial charge in [0.25, 0.3) is 0 Å². The van der Waals surface area contributed by atoms with Crippen molar-refractivity contribution in [3.63, 3.8) is 0 Å². The largest absolute Gasteiger partial charge is 0.490 e. The lowest BCUT2D eigenvalue weighted by atomic mass is 10.2. The number of benzene rings is 1. The highest BCUT2D eigenvalue weighted by atomic mass is 79.9. The first kappa shape index (κ1) is 14.7. The molecule has 0 fully saturated rings. The molecule has 0 atom stereocenters. The van der Waals surface area contributed by atoms with Crippen molar-refractivity contribution in [1.82, 2.24) is 0 Å². The fraction of sp³-hybridized carbons (Fsp3) is 0.267. The van der Waals surface area contributed by atoms with Crippen molar-refractivity contribution in [2.75, 3.05) is 13.2 Å². The van der Waals surface area contributed by atoms with Crippen LogP contribution in [0.15, 0.2) is 39.2 Å². The van der Waals surface area contributed by atoms with E-state index in [0.717, 1.165) is 10.2 Å². The standard InChI is InChI=1S/C15H15BrO4/c1-10-9-14(11(2)20-10)15(17)19-8-7-18-13-5-3-12(16)4-6-13/h3-6,9H,7-8H2,1-2H3. The zero-order valence-electron chi connectivity index (χ0n) is 11.3. The first-order valence-electron chi connectivity index (χ1n) is 6.19. The highest BCUT2D eigenvalue weighted by Gasteiger charge is 2.14. The predicted octanol–water partition coefficient (Wildman–Crippen LogP) is 3.89. The minimum Gasteiger partial charge on any atom is -0.490 e. The van der Waals surface area contributed by atoms with Crippen molar-refractivity contribution in [2.45, 2.75) is 13.8 Å². The number of ether oxygens (including phenoxy) is 2. The molecule has 0 bridgehead atoms. The molecule has 20 heavy (non-hydrogen) atoms.